The topological polar surface area (TPSA) is 50.4 Å². The first-order valence-electron chi connectivity index (χ1n) is 6.81. The van der Waals surface area contributed by atoms with Gasteiger partial charge < -0.3 is 5.43 Å². The standard InChI is InChI=1S/C14H18ClF2N3/c15-11-8-12(16)10(7-13(11)17)14(20-18)19-9-5-3-1-2-4-6-9/h7-9H,1-6,18H2,(H,19,20). The van der Waals surface area contributed by atoms with Crippen molar-refractivity contribution in [1.29, 1.82) is 0 Å². The van der Waals surface area contributed by atoms with Crippen molar-refractivity contribution in [3.63, 3.8) is 0 Å². The molecule has 1 aromatic rings. The van der Waals surface area contributed by atoms with Crippen molar-refractivity contribution in [2.45, 2.75) is 44.6 Å². The summed E-state index contributed by atoms with van der Waals surface area (Å²) in [7, 11) is 0. The maximum absolute atomic E-state index is 13.9. The van der Waals surface area contributed by atoms with E-state index in [2.05, 4.69) is 10.4 Å². The molecule has 0 unspecified atom stereocenters. The van der Waals surface area contributed by atoms with Gasteiger partial charge in [-0.1, -0.05) is 37.3 Å². The number of amidine groups is 1. The second-order valence-corrected chi connectivity index (χ2v) is 5.42. The fourth-order valence-corrected chi connectivity index (χ4v) is 2.61. The molecule has 0 spiro atoms. The number of halogens is 3. The van der Waals surface area contributed by atoms with Crippen molar-refractivity contribution < 1.29 is 8.78 Å². The summed E-state index contributed by atoms with van der Waals surface area (Å²) in [5, 5.41) is -0.253. The molecule has 6 heteroatoms. The summed E-state index contributed by atoms with van der Waals surface area (Å²) in [4.78, 5) is 4.45. The minimum absolute atomic E-state index is 0.0126. The molecule has 20 heavy (non-hydrogen) atoms. The molecule has 1 aromatic carbocycles. The Balaban J connectivity index is 2.29. The monoisotopic (exact) mass is 301 g/mol. The lowest BCUT2D eigenvalue weighted by atomic mass is 10.1. The minimum Gasteiger partial charge on any atom is -0.308 e. The summed E-state index contributed by atoms with van der Waals surface area (Å²) in [6, 6.07) is 2.06. The molecule has 1 aliphatic rings. The molecule has 0 saturated heterocycles. The van der Waals surface area contributed by atoms with Crippen molar-refractivity contribution in [3.05, 3.63) is 34.4 Å². The number of aliphatic imine (C=N–C) groups is 1. The van der Waals surface area contributed by atoms with Gasteiger partial charge in [-0.05, 0) is 25.0 Å². The average molecular weight is 302 g/mol. The van der Waals surface area contributed by atoms with Gasteiger partial charge in [0.05, 0.1) is 16.6 Å². The van der Waals surface area contributed by atoms with Gasteiger partial charge in [-0.25, -0.2) is 14.6 Å². The van der Waals surface area contributed by atoms with E-state index in [1.165, 1.54) is 12.8 Å². The smallest absolute Gasteiger partial charge is 0.145 e. The van der Waals surface area contributed by atoms with Gasteiger partial charge in [-0.15, -0.1) is 0 Å². The summed E-state index contributed by atoms with van der Waals surface area (Å²) in [6.45, 7) is 0. The molecule has 3 N–H and O–H groups in total. The molecular formula is C14H18ClF2N3. The SMILES string of the molecule is NNC(=NC1CCCCCC1)c1cc(F)c(Cl)cc1F. The van der Waals surface area contributed by atoms with Gasteiger partial charge in [-0.3, -0.25) is 4.99 Å². The second-order valence-electron chi connectivity index (χ2n) is 5.01. The van der Waals surface area contributed by atoms with Crippen LogP contribution in [0.2, 0.25) is 5.02 Å². The molecule has 0 bridgehead atoms. The second kappa shape index (κ2) is 6.99. The highest BCUT2D eigenvalue weighted by Crippen LogP contribution is 2.22. The zero-order chi connectivity index (χ0) is 14.5. The van der Waals surface area contributed by atoms with E-state index in [1.54, 1.807) is 0 Å². The third-order valence-electron chi connectivity index (χ3n) is 3.54. The van der Waals surface area contributed by atoms with Crippen LogP contribution < -0.4 is 11.3 Å². The lowest BCUT2D eigenvalue weighted by Gasteiger charge is -2.13. The first-order chi connectivity index (χ1) is 9.61. The molecule has 0 aromatic heterocycles. The number of hydrogen-bond acceptors (Lipinski definition) is 2. The summed E-state index contributed by atoms with van der Waals surface area (Å²) in [6.07, 6.45) is 6.49. The van der Waals surface area contributed by atoms with Crippen LogP contribution in [0.4, 0.5) is 8.78 Å². The molecule has 0 heterocycles. The molecule has 110 valence electrons. The first-order valence-corrected chi connectivity index (χ1v) is 7.19. The third kappa shape index (κ3) is 3.67. The Morgan fingerprint density at radius 1 is 1.15 bits per heavy atom. The predicted molar refractivity (Wildman–Crippen MR) is 76.7 cm³/mol. The van der Waals surface area contributed by atoms with Crippen LogP contribution in [0.15, 0.2) is 17.1 Å². The van der Waals surface area contributed by atoms with Crippen LogP contribution in [-0.4, -0.2) is 11.9 Å². The molecular weight excluding hydrogens is 284 g/mol. The van der Waals surface area contributed by atoms with Crippen LogP contribution in [0, 0.1) is 11.6 Å². The number of hydrogen-bond donors (Lipinski definition) is 2. The number of nitrogens with two attached hydrogens (primary N) is 1. The van der Waals surface area contributed by atoms with Crippen molar-refractivity contribution in [3.8, 4) is 0 Å². The quantitative estimate of drug-likeness (QED) is 0.219. The Bertz CT molecular complexity index is 497. The molecule has 0 aliphatic heterocycles. The summed E-state index contributed by atoms with van der Waals surface area (Å²) >= 11 is 5.54. The maximum Gasteiger partial charge on any atom is 0.145 e. The van der Waals surface area contributed by atoms with E-state index in [1.807, 2.05) is 0 Å². The Morgan fingerprint density at radius 3 is 2.40 bits per heavy atom. The van der Waals surface area contributed by atoms with Gasteiger partial charge in [0, 0.05) is 0 Å². The molecule has 0 amide bonds. The first kappa shape index (κ1) is 15.2. The Hall–Kier alpha value is -1.20. The Kier molecular flexibility index (Phi) is 5.31. The molecule has 1 saturated carbocycles. The van der Waals surface area contributed by atoms with Crippen LogP contribution in [0.25, 0.3) is 0 Å². The van der Waals surface area contributed by atoms with Gasteiger partial charge in [-0.2, -0.15) is 0 Å². The number of rotatable bonds is 2. The van der Waals surface area contributed by atoms with E-state index in [9.17, 15) is 8.78 Å². The van der Waals surface area contributed by atoms with E-state index in [4.69, 9.17) is 17.4 Å². The van der Waals surface area contributed by atoms with Crippen LogP contribution in [0.5, 0.6) is 0 Å². The van der Waals surface area contributed by atoms with Crippen LogP contribution in [0.1, 0.15) is 44.1 Å². The molecule has 1 fully saturated rings. The highest BCUT2D eigenvalue weighted by molar-refractivity contribution is 6.30. The van der Waals surface area contributed by atoms with Gasteiger partial charge >= 0.3 is 0 Å². The van der Waals surface area contributed by atoms with E-state index < -0.39 is 11.6 Å². The summed E-state index contributed by atoms with van der Waals surface area (Å²) < 4.78 is 27.4. The third-order valence-corrected chi connectivity index (χ3v) is 3.83. The number of benzene rings is 1. The highest BCUT2D eigenvalue weighted by Gasteiger charge is 2.16. The van der Waals surface area contributed by atoms with Gasteiger partial charge in [0.25, 0.3) is 0 Å². The van der Waals surface area contributed by atoms with Gasteiger partial charge in [0.2, 0.25) is 0 Å². The molecule has 2 rings (SSSR count). The normalized spacial score (nSPS) is 17.9. The predicted octanol–water partition coefficient (Wildman–Crippen LogP) is 3.55. The van der Waals surface area contributed by atoms with Crippen molar-refractivity contribution in [1.82, 2.24) is 5.43 Å². The minimum atomic E-state index is -0.688. The zero-order valence-electron chi connectivity index (χ0n) is 11.1. The number of nitrogens with zero attached hydrogens (tertiary/aromatic N) is 1. The molecule has 0 atom stereocenters. The maximum atomic E-state index is 13.9. The molecule has 0 radical (unpaired) electrons. The summed E-state index contributed by atoms with van der Waals surface area (Å²) in [5.41, 5.74) is 2.39. The van der Waals surface area contributed by atoms with E-state index in [0.717, 1.165) is 37.8 Å². The van der Waals surface area contributed by atoms with Gasteiger partial charge in [0.1, 0.15) is 17.5 Å². The fourth-order valence-electron chi connectivity index (χ4n) is 2.46. The van der Waals surface area contributed by atoms with Crippen LogP contribution in [-0.2, 0) is 0 Å². The lowest BCUT2D eigenvalue weighted by Crippen LogP contribution is -2.33. The Labute approximate surface area is 122 Å². The highest BCUT2D eigenvalue weighted by atomic mass is 35.5. The molecule has 3 nitrogen and oxygen atoms in total. The van der Waals surface area contributed by atoms with Crippen molar-refractivity contribution in [2.75, 3.05) is 0 Å². The van der Waals surface area contributed by atoms with E-state index in [0.29, 0.717) is 0 Å². The van der Waals surface area contributed by atoms with Crippen LogP contribution in [0.3, 0.4) is 0 Å². The van der Waals surface area contributed by atoms with Crippen molar-refractivity contribution >= 4 is 17.4 Å². The van der Waals surface area contributed by atoms with E-state index in [-0.39, 0.29) is 22.5 Å². The number of nitrogens with one attached hydrogen (secondary N) is 1. The zero-order valence-corrected chi connectivity index (χ0v) is 11.9. The Morgan fingerprint density at radius 2 is 1.80 bits per heavy atom. The largest absolute Gasteiger partial charge is 0.308 e. The lowest BCUT2D eigenvalue weighted by molar-refractivity contribution is 0.578. The summed E-state index contributed by atoms with van der Waals surface area (Å²) in [5.74, 6) is 4.26. The average Bonchev–Trinajstić information content (AvgIpc) is 2.69. The fraction of sp³-hybridized carbons (Fsp3) is 0.500. The number of hydrazine groups is 1. The van der Waals surface area contributed by atoms with Gasteiger partial charge in [0.15, 0.2) is 0 Å². The van der Waals surface area contributed by atoms with E-state index >= 15 is 0 Å². The van der Waals surface area contributed by atoms with Crippen LogP contribution >= 0.6 is 11.6 Å². The molecule has 1 aliphatic carbocycles. The van der Waals surface area contributed by atoms with Crippen molar-refractivity contribution in [2.24, 2.45) is 10.8 Å².